The van der Waals surface area contributed by atoms with Crippen molar-refractivity contribution in [1.29, 1.82) is 0 Å². The Morgan fingerprint density at radius 1 is 1.30 bits per heavy atom. The molecule has 0 atom stereocenters. The molecule has 0 radical (unpaired) electrons. The second-order valence-electron chi connectivity index (χ2n) is 3.89. The van der Waals surface area contributed by atoms with Crippen molar-refractivity contribution in [2.45, 2.75) is 6.54 Å². The molecule has 7 nitrogen and oxygen atoms in total. The van der Waals surface area contributed by atoms with E-state index in [2.05, 4.69) is 0 Å². The van der Waals surface area contributed by atoms with E-state index in [9.17, 15) is 19.7 Å². The lowest BCUT2D eigenvalue weighted by molar-refractivity contribution is -0.386. The number of nitro groups is 1. The van der Waals surface area contributed by atoms with Gasteiger partial charge in [-0.15, -0.1) is 0 Å². The number of aromatic nitrogens is 2. The van der Waals surface area contributed by atoms with Crippen LogP contribution in [-0.2, 0) is 6.54 Å². The second kappa shape index (κ2) is 5.48. The molecule has 0 aliphatic carbocycles. The van der Waals surface area contributed by atoms with E-state index in [1.54, 1.807) is 12.1 Å². The zero-order chi connectivity index (χ0) is 14.9. The summed E-state index contributed by atoms with van der Waals surface area (Å²) in [6, 6.07) is 4.66. The Balaban J connectivity index is 2.51. The third-order valence-corrected chi connectivity index (χ3v) is 3.14. The van der Waals surface area contributed by atoms with Crippen molar-refractivity contribution in [3.8, 4) is 0 Å². The maximum atomic E-state index is 11.6. The summed E-state index contributed by atoms with van der Waals surface area (Å²) in [7, 11) is 0. The number of rotatable bonds is 3. The molecule has 0 saturated heterocycles. The van der Waals surface area contributed by atoms with E-state index in [0.29, 0.717) is 15.6 Å². The highest BCUT2D eigenvalue weighted by Crippen LogP contribution is 2.21. The molecule has 1 aromatic heterocycles. The van der Waals surface area contributed by atoms with Crippen LogP contribution < -0.4 is 11.2 Å². The van der Waals surface area contributed by atoms with Gasteiger partial charge in [0.05, 0.1) is 17.7 Å². The predicted octanol–water partition coefficient (Wildman–Crippen LogP) is 1.80. The summed E-state index contributed by atoms with van der Waals surface area (Å²) in [5, 5.41) is 11.5. The summed E-state index contributed by atoms with van der Waals surface area (Å²) < 4.78 is 0.983. The van der Waals surface area contributed by atoms with Gasteiger partial charge in [0.15, 0.2) is 0 Å². The largest absolute Gasteiger partial charge is 0.350 e. The van der Waals surface area contributed by atoms with Gasteiger partial charge < -0.3 is 0 Å². The zero-order valence-corrected chi connectivity index (χ0v) is 11.3. The van der Waals surface area contributed by atoms with Gasteiger partial charge in [-0.1, -0.05) is 23.2 Å². The number of hydrogen-bond donors (Lipinski definition) is 1. The molecular weight excluding hydrogens is 309 g/mol. The van der Waals surface area contributed by atoms with E-state index < -0.39 is 21.9 Å². The summed E-state index contributed by atoms with van der Waals surface area (Å²) >= 11 is 11.8. The van der Waals surface area contributed by atoms with Gasteiger partial charge >= 0.3 is 16.9 Å². The van der Waals surface area contributed by atoms with Gasteiger partial charge in [-0.2, -0.15) is 0 Å². The lowest BCUT2D eigenvalue weighted by atomic mass is 10.2. The molecule has 1 aromatic carbocycles. The lowest BCUT2D eigenvalue weighted by Gasteiger charge is -2.07. The van der Waals surface area contributed by atoms with Gasteiger partial charge in [-0.3, -0.25) is 24.5 Å². The number of H-pyrrole nitrogens is 1. The molecule has 0 saturated carbocycles. The Bertz CT molecular complexity index is 797. The predicted molar refractivity (Wildman–Crippen MR) is 73.5 cm³/mol. The van der Waals surface area contributed by atoms with Crippen molar-refractivity contribution in [3.05, 3.63) is 71.0 Å². The van der Waals surface area contributed by atoms with E-state index >= 15 is 0 Å². The molecule has 0 fully saturated rings. The van der Waals surface area contributed by atoms with Crippen LogP contribution >= 0.6 is 23.2 Å². The molecule has 0 bridgehead atoms. The third-order valence-electron chi connectivity index (χ3n) is 2.54. The fourth-order valence-electron chi connectivity index (χ4n) is 1.59. The summed E-state index contributed by atoms with van der Waals surface area (Å²) in [5.74, 6) is 0. The van der Waals surface area contributed by atoms with Crippen LogP contribution in [0.25, 0.3) is 0 Å². The van der Waals surface area contributed by atoms with Crippen molar-refractivity contribution in [2.24, 2.45) is 0 Å². The fourth-order valence-corrected chi connectivity index (χ4v) is 1.97. The minimum absolute atomic E-state index is 0.0458. The number of aromatic amines is 1. The summed E-state index contributed by atoms with van der Waals surface area (Å²) in [6.45, 7) is -0.0458. The van der Waals surface area contributed by atoms with Crippen LogP contribution in [0.5, 0.6) is 0 Å². The minimum Gasteiger partial charge on any atom is -0.289 e. The molecular formula is C11H7Cl2N3O4. The van der Waals surface area contributed by atoms with Crippen molar-refractivity contribution >= 4 is 28.9 Å². The molecule has 20 heavy (non-hydrogen) atoms. The molecule has 2 aromatic rings. The van der Waals surface area contributed by atoms with E-state index in [1.807, 2.05) is 4.98 Å². The molecule has 0 aliphatic rings. The Kier molecular flexibility index (Phi) is 3.91. The number of nitrogens with one attached hydrogen (secondary N) is 1. The van der Waals surface area contributed by atoms with Gasteiger partial charge in [0, 0.05) is 10.0 Å². The van der Waals surface area contributed by atoms with Crippen LogP contribution in [0.2, 0.25) is 10.0 Å². The van der Waals surface area contributed by atoms with Crippen LogP contribution in [0.1, 0.15) is 5.56 Å². The highest BCUT2D eigenvalue weighted by molar-refractivity contribution is 6.33. The zero-order valence-electron chi connectivity index (χ0n) is 9.80. The molecule has 9 heteroatoms. The van der Waals surface area contributed by atoms with E-state index in [-0.39, 0.29) is 6.54 Å². The first-order valence-electron chi connectivity index (χ1n) is 5.30. The molecule has 0 amide bonds. The van der Waals surface area contributed by atoms with Crippen LogP contribution in [0, 0.1) is 10.1 Å². The molecule has 0 aliphatic heterocycles. The van der Waals surface area contributed by atoms with E-state index in [1.165, 1.54) is 6.07 Å². The lowest BCUT2D eigenvalue weighted by Crippen LogP contribution is -2.31. The maximum Gasteiger partial charge on any atom is 0.350 e. The first-order chi connectivity index (χ1) is 9.38. The first-order valence-corrected chi connectivity index (χ1v) is 6.06. The molecule has 104 valence electrons. The average Bonchev–Trinajstić information content (AvgIpc) is 2.36. The van der Waals surface area contributed by atoms with Crippen molar-refractivity contribution in [1.82, 2.24) is 9.55 Å². The van der Waals surface area contributed by atoms with Gasteiger partial charge in [0.2, 0.25) is 0 Å². The average molecular weight is 316 g/mol. The third kappa shape index (κ3) is 2.89. The maximum absolute atomic E-state index is 11.6. The van der Waals surface area contributed by atoms with Crippen LogP contribution in [0.3, 0.4) is 0 Å². The normalized spacial score (nSPS) is 10.5. The number of nitrogens with zero attached hydrogens (tertiary/aromatic N) is 2. The SMILES string of the molecule is O=c1[nH]c(=O)n(Cc2cc(Cl)ccc2Cl)cc1[N+](=O)[O-]. The van der Waals surface area contributed by atoms with Gasteiger partial charge in [-0.05, 0) is 23.8 Å². The summed E-state index contributed by atoms with van der Waals surface area (Å²) in [4.78, 5) is 34.6. The number of halogens is 2. The van der Waals surface area contributed by atoms with Crippen LogP contribution in [-0.4, -0.2) is 14.5 Å². The Hall–Kier alpha value is -2.12. The van der Waals surface area contributed by atoms with Crippen molar-refractivity contribution < 1.29 is 4.92 Å². The highest BCUT2D eigenvalue weighted by Gasteiger charge is 2.15. The van der Waals surface area contributed by atoms with Crippen LogP contribution in [0.4, 0.5) is 5.69 Å². The second-order valence-corrected chi connectivity index (χ2v) is 4.74. The first kappa shape index (κ1) is 14.3. The van der Waals surface area contributed by atoms with E-state index in [4.69, 9.17) is 23.2 Å². The van der Waals surface area contributed by atoms with Gasteiger partial charge in [-0.25, -0.2) is 4.79 Å². The van der Waals surface area contributed by atoms with E-state index in [0.717, 1.165) is 10.8 Å². The van der Waals surface area contributed by atoms with Crippen molar-refractivity contribution in [3.63, 3.8) is 0 Å². The van der Waals surface area contributed by atoms with Gasteiger partial charge in [0.1, 0.15) is 0 Å². The number of hydrogen-bond acceptors (Lipinski definition) is 4. The Morgan fingerprint density at radius 3 is 2.65 bits per heavy atom. The topological polar surface area (TPSA) is 98.0 Å². The van der Waals surface area contributed by atoms with Crippen molar-refractivity contribution in [2.75, 3.05) is 0 Å². The molecule has 1 heterocycles. The number of benzene rings is 1. The van der Waals surface area contributed by atoms with Gasteiger partial charge in [0.25, 0.3) is 0 Å². The summed E-state index contributed by atoms with van der Waals surface area (Å²) in [6.07, 6.45) is 0.873. The smallest absolute Gasteiger partial charge is 0.289 e. The molecule has 1 N–H and O–H groups in total. The highest BCUT2D eigenvalue weighted by atomic mass is 35.5. The Morgan fingerprint density at radius 2 is 2.00 bits per heavy atom. The van der Waals surface area contributed by atoms with Crippen LogP contribution in [0.15, 0.2) is 34.0 Å². The monoisotopic (exact) mass is 315 g/mol. The minimum atomic E-state index is -1.05. The molecule has 2 rings (SSSR count). The Labute approximate surface area is 121 Å². The quantitative estimate of drug-likeness (QED) is 0.689. The molecule has 0 spiro atoms. The molecule has 0 unspecified atom stereocenters. The fraction of sp³-hybridized carbons (Fsp3) is 0.0909. The summed E-state index contributed by atoms with van der Waals surface area (Å²) in [5.41, 5.74) is -2.03. The standard InChI is InChI=1S/C11H7Cl2N3O4/c12-7-1-2-8(13)6(3-7)4-15-5-9(16(19)20)10(17)14-11(15)18/h1-3,5H,4H2,(H,14,17,18).